The maximum absolute atomic E-state index is 12.4. The molecule has 0 unspecified atom stereocenters. The summed E-state index contributed by atoms with van der Waals surface area (Å²) in [6, 6.07) is 17.7. The van der Waals surface area contributed by atoms with Crippen molar-refractivity contribution in [3.05, 3.63) is 82.6 Å². The molecule has 1 saturated heterocycles. The van der Waals surface area contributed by atoms with Crippen LogP contribution < -0.4 is 0 Å². The molecule has 0 spiro atoms. The molecule has 0 radical (unpaired) electrons. The van der Waals surface area contributed by atoms with Crippen molar-refractivity contribution < 1.29 is 18.7 Å². The first-order chi connectivity index (χ1) is 14.1. The molecule has 3 aromatic rings. The minimum absolute atomic E-state index is 0.0498. The van der Waals surface area contributed by atoms with E-state index in [0.29, 0.717) is 21.9 Å². The Labute approximate surface area is 173 Å². The molecule has 0 atom stereocenters. The van der Waals surface area contributed by atoms with Gasteiger partial charge in [-0.05, 0) is 54.8 Å². The maximum atomic E-state index is 12.4. The van der Waals surface area contributed by atoms with Crippen LogP contribution in [-0.2, 0) is 11.3 Å². The molecule has 29 heavy (non-hydrogen) atoms. The Morgan fingerprint density at radius 1 is 0.966 bits per heavy atom. The third-order valence-corrected chi connectivity index (χ3v) is 5.24. The number of carbonyl (C=O) groups excluding carboxylic acids is 2. The fourth-order valence-corrected chi connectivity index (χ4v) is 3.55. The number of likely N-dealkylation sites (tertiary alicyclic amines) is 1. The Hall–Kier alpha value is -3.05. The molecule has 1 fully saturated rings. The van der Waals surface area contributed by atoms with Crippen LogP contribution in [0.3, 0.4) is 0 Å². The van der Waals surface area contributed by atoms with Crippen LogP contribution >= 0.6 is 11.6 Å². The summed E-state index contributed by atoms with van der Waals surface area (Å²) < 4.78 is 10.9. The van der Waals surface area contributed by atoms with E-state index in [9.17, 15) is 9.59 Å². The lowest BCUT2D eigenvalue weighted by Gasteiger charge is -2.15. The molecule has 2 aromatic carbocycles. The molecule has 0 aliphatic carbocycles. The Morgan fingerprint density at radius 2 is 1.69 bits per heavy atom. The zero-order valence-electron chi connectivity index (χ0n) is 15.8. The highest BCUT2D eigenvalue weighted by atomic mass is 35.5. The van der Waals surface area contributed by atoms with Crippen molar-refractivity contribution in [3.8, 4) is 11.3 Å². The highest BCUT2D eigenvalue weighted by molar-refractivity contribution is 6.33. The van der Waals surface area contributed by atoms with Gasteiger partial charge in [-0.15, -0.1) is 0 Å². The Bertz CT molecular complexity index is 1020. The predicted molar refractivity (Wildman–Crippen MR) is 110 cm³/mol. The smallest absolute Gasteiger partial charge is 0.374 e. The molecule has 1 amide bonds. The molecule has 1 aromatic heterocycles. The van der Waals surface area contributed by atoms with Gasteiger partial charge in [-0.3, -0.25) is 4.79 Å². The number of furan rings is 1. The van der Waals surface area contributed by atoms with E-state index < -0.39 is 5.97 Å². The third-order valence-electron chi connectivity index (χ3n) is 4.91. The lowest BCUT2D eigenvalue weighted by Crippen LogP contribution is -2.27. The lowest BCUT2D eigenvalue weighted by molar-refractivity contribution is 0.0437. The quantitative estimate of drug-likeness (QED) is 0.544. The van der Waals surface area contributed by atoms with Crippen molar-refractivity contribution >= 4 is 23.5 Å². The normalized spacial score (nSPS) is 13.5. The van der Waals surface area contributed by atoms with Crippen LogP contribution in [0.25, 0.3) is 11.3 Å². The highest BCUT2D eigenvalue weighted by Gasteiger charge is 2.19. The van der Waals surface area contributed by atoms with E-state index in [0.717, 1.165) is 31.5 Å². The van der Waals surface area contributed by atoms with E-state index in [2.05, 4.69) is 0 Å². The second kappa shape index (κ2) is 8.53. The molecule has 148 valence electrons. The van der Waals surface area contributed by atoms with Crippen LogP contribution in [0.4, 0.5) is 0 Å². The van der Waals surface area contributed by atoms with Gasteiger partial charge < -0.3 is 14.1 Å². The Kier molecular flexibility index (Phi) is 5.67. The van der Waals surface area contributed by atoms with Crippen LogP contribution in [0.5, 0.6) is 0 Å². The molecular weight excluding hydrogens is 390 g/mol. The number of esters is 1. The van der Waals surface area contributed by atoms with Crippen molar-refractivity contribution in [2.45, 2.75) is 19.4 Å². The average molecular weight is 410 g/mol. The number of hydrogen-bond donors (Lipinski definition) is 0. The van der Waals surface area contributed by atoms with Gasteiger partial charge in [0.1, 0.15) is 12.4 Å². The highest BCUT2D eigenvalue weighted by Crippen LogP contribution is 2.29. The van der Waals surface area contributed by atoms with E-state index in [4.69, 9.17) is 20.8 Å². The van der Waals surface area contributed by atoms with E-state index in [-0.39, 0.29) is 18.3 Å². The molecule has 0 saturated carbocycles. The van der Waals surface area contributed by atoms with Crippen molar-refractivity contribution in [3.63, 3.8) is 0 Å². The standard InChI is InChI=1S/C23H20ClNO4/c24-19-6-2-1-5-18(19)20-11-12-21(29-20)23(27)28-15-16-7-9-17(10-8-16)22(26)25-13-3-4-14-25/h1-2,5-12H,3-4,13-15H2. The third kappa shape index (κ3) is 4.35. The van der Waals surface area contributed by atoms with E-state index in [1.54, 1.807) is 42.5 Å². The summed E-state index contributed by atoms with van der Waals surface area (Å²) in [6.45, 7) is 1.73. The molecule has 5 nitrogen and oxygen atoms in total. The van der Waals surface area contributed by atoms with E-state index >= 15 is 0 Å². The summed E-state index contributed by atoms with van der Waals surface area (Å²) in [6.07, 6.45) is 2.12. The van der Waals surface area contributed by atoms with Crippen LogP contribution in [0.2, 0.25) is 5.02 Å². The number of amides is 1. The Morgan fingerprint density at radius 3 is 2.41 bits per heavy atom. The largest absolute Gasteiger partial charge is 0.455 e. The van der Waals surface area contributed by atoms with Gasteiger partial charge in [-0.2, -0.15) is 0 Å². The summed E-state index contributed by atoms with van der Waals surface area (Å²) in [5.74, 6) is 0.113. The minimum Gasteiger partial charge on any atom is -0.455 e. The first kappa shape index (κ1) is 19.3. The SMILES string of the molecule is O=C(OCc1ccc(C(=O)N2CCCC2)cc1)c1ccc(-c2ccccc2Cl)o1. The lowest BCUT2D eigenvalue weighted by atomic mass is 10.1. The number of halogens is 1. The summed E-state index contributed by atoms with van der Waals surface area (Å²) in [4.78, 5) is 26.5. The molecular formula is C23H20ClNO4. The minimum atomic E-state index is -0.555. The Balaban J connectivity index is 1.36. The second-order valence-corrected chi connectivity index (χ2v) is 7.32. The predicted octanol–water partition coefficient (Wildman–Crippen LogP) is 5.19. The summed E-state index contributed by atoms with van der Waals surface area (Å²) in [7, 11) is 0. The number of hydrogen-bond acceptors (Lipinski definition) is 4. The number of rotatable bonds is 5. The molecule has 0 bridgehead atoms. The summed E-state index contributed by atoms with van der Waals surface area (Å²) in [5, 5.41) is 0.547. The zero-order chi connectivity index (χ0) is 20.2. The van der Waals surface area contributed by atoms with Crippen LogP contribution in [-0.4, -0.2) is 29.9 Å². The summed E-state index contributed by atoms with van der Waals surface area (Å²) >= 11 is 6.16. The molecule has 1 aliphatic heterocycles. The van der Waals surface area contributed by atoms with Gasteiger partial charge in [0.05, 0.1) is 5.02 Å². The fraction of sp³-hybridized carbons (Fsp3) is 0.217. The topological polar surface area (TPSA) is 59.8 Å². The van der Waals surface area contributed by atoms with Gasteiger partial charge in [0.2, 0.25) is 5.76 Å². The van der Waals surface area contributed by atoms with Gasteiger partial charge in [0.15, 0.2) is 0 Å². The van der Waals surface area contributed by atoms with E-state index in [1.807, 2.05) is 23.1 Å². The van der Waals surface area contributed by atoms with Gasteiger partial charge >= 0.3 is 5.97 Å². The van der Waals surface area contributed by atoms with Crippen LogP contribution in [0.15, 0.2) is 65.1 Å². The monoisotopic (exact) mass is 409 g/mol. The summed E-state index contributed by atoms with van der Waals surface area (Å²) in [5.41, 5.74) is 2.16. The molecule has 4 rings (SSSR count). The van der Waals surface area contributed by atoms with Crippen LogP contribution in [0.1, 0.15) is 39.3 Å². The zero-order valence-corrected chi connectivity index (χ0v) is 16.5. The first-order valence-electron chi connectivity index (χ1n) is 9.52. The average Bonchev–Trinajstić information content (AvgIpc) is 3.44. The van der Waals surface area contributed by atoms with Gasteiger partial charge in [0, 0.05) is 24.2 Å². The number of carbonyl (C=O) groups is 2. The van der Waals surface area contributed by atoms with E-state index in [1.165, 1.54) is 0 Å². The number of benzene rings is 2. The van der Waals surface area contributed by atoms with Crippen molar-refractivity contribution in [1.82, 2.24) is 4.90 Å². The van der Waals surface area contributed by atoms with Crippen molar-refractivity contribution in [2.24, 2.45) is 0 Å². The fourth-order valence-electron chi connectivity index (χ4n) is 3.32. The molecule has 1 aliphatic rings. The molecule has 2 heterocycles. The molecule has 6 heteroatoms. The van der Waals surface area contributed by atoms with Crippen LogP contribution in [0, 0.1) is 0 Å². The maximum Gasteiger partial charge on any atom is 0.374 e. The number of ether oxygens (including phenoxy) is 1. The molecule has 0 N–H and O–H groups in total. The first-order valence-corrected chi connectivity index (χ1v) is 9.90. The van der Waals surface area contributed by atoms with Gasteiger partial charge in [0.25, 0.3) is 5.91 Å². The van der Waals surface area contributed by atoms with Gasteiger partial charge in [-0.25, -0.2) is 4.79 Å². The van der Waals surface area contributed by atoms with Crippen molar-refractivity contribution in [1.29, 1.82) is 0 Å². The second-order valence-electron chi connectivity index (χ2n) is 6.92. The van der Waals surface area contributed by atoms with Gasteiger partial charge in [-0.1, -0.05) is 35.9 Å². The van der Waals surface area contributed by atoms with Crippen molar-refractivity contribution in [2.75, 3.05) is 13.1 Å². The number of nitrogens with zero attached hydrogens (tertiary/aromatic N) is 1.